The number of phenols is 4. The maximum Gasteiger partial charge on any atom is 0.158 e. The van der Waals surface area contributed by atoms with Gasteiger partial charge in [-0.05, 0) is 45.8 Å². The van der Waals surface area contributed by atoms with Gasteiger partial charge >= 0.3 is 0 Å². The van der Waals surface area contributed by atoms with E-state index in [2.05, 4.69) is 0 Å². The summed E-state index contributed by atoms with van der Waals surface area (Å²) in [4.78, 5) is 0. The first kappa shape index (κ1) is 10.5. The molecule has 0 spiro atoms. The summed E-state index contributed by atoms with van der Waals surface area (Å²) in [6, 6.07) is 9.32. The molecule has 0 aliphatic rings. The second kappa shape index (κ2) is 3.43. The summed E-state index contributed by atoms with van der Waals surface area (Å²) in [5.74, 6) is -0.820. The number of benzene rings is 3. The van der Waals surface area contributed by atoms with Gasteiger partial charge in [-0.25, -0.2) is 0 Å². The van der Waals surface area contributed by atoms with Crippen LogP contribution in [-0.2, 0) is 0 Å². The number of fused-ring (bicyclic) bond motifs is 3. The molecule has 90 valence electrons. The fraction of sp³-hybridized carbons (Fsp3) is 0. The molecule has 0 aliphatic carbocycles. The van der Waals surface area contributed by atoms with E-state index in [-0.39, 0.29) is 23.0 Å². The molecule has 0 fully saturated rings. The van der Waals surface area contributed by atoms with Crippen LogP contribution in [-0.4, -0.2) is 20.4 Å². The van der Waals surface area contributed by atoms with Crippen molar-refractivity contribution in [1.82, 2.24) is 0 Å². The minimum atomic E-state index is -0.220. The van der Waals surface area contributed by atoms with Crippen molar-refractivity contribution in [2.45, 2.75) is 0 Å². The summed E-state index contributed by atoms with van der Waals surface area (Å²) in [5.41, 5.74) is 0. The smallest absolute Gasteiger partial charge is 0.158 e. The Balaban J connectivity index is 2.52. The highest BCUT2D eigenvalue weighted by Crippen LogP contribution is 2.37. The first-order valence-corrected chi connectivity index (χ1v) is 5.36. The summed E-state index contributed by atoms with van der Waals surface area (Å²) < 4.78 is 0. The number of hydrogen-bond donors (Lipinski definition) is 4. The van der Waals surface area contributed by atoms with Gasteiger partial charge in [0.05, 0.1) is 0 Å². The topological polar surface area (TPSA) is 80.9 Å². The Kier molecular flexibility index (Phi) is 2.01. The lowest BCUT2D eigenvalue weighted by Gasteiger charge is -2.07. The summed E-state index contributed by atoms with van der Waals surface area (Å²) >= 11 is 0. The van der Waals surface area contributed by atoms with Gasteiger partial charge in [0.15, 0.2) is 23.0 Å². The Morgan fingerprint density at radius 2 is 0.833 bits per heavy atom. The second-order valence-corrected chi connectivity index (χ2v) is 4.19. The molecule has 0 heterocycles. The SMILES string of the molecule is Oc1cc2ccc3cc(O)c(O)cc3c2cc1O. The van der Waals surface area contributed by atoms with Crippen molar-refractivity contribution >= 4 is 21.5 Å². The van der Waals surface area contributed by atoms with E-state index in [4.69, 9.17) is 0 Å². The molecule has 0 unspecified atom stereocenters. The van der Waals surface area contributed by atoms with Crippen LogP contribution in [0, 0.1) is 0 Å². The molecule has 3 rings (SSSR count). The van der Waals surface area contributed by atoms with Crippen molar-refractivity contribution in [3.8, 4) is 23.0 Å². The fourth-order valence-corrected chi connectivity index (χ4v) is 2.11. The van der Waals surface area contributed by atoms with E-state index in [9.17, 15) is 20.4 Å². The average molecular weight is 242 g/mol. The Bertz CT molecular complexity index is 711. The monoisotopic (exact) mass is 242 g/mol. The van der Waals surface area contributed by atoms with Crippen LogP contribution in [0.5, 0.6) is 23.0 Å². The summed E-state index contributed by atoms with van der Waals surface area (Å²) in [6.07, 6.45) is 0. The fourth-order valence-electron chi connectivity index (χ4n) is 2.11. The van der Waals surface area contributed by atoms with Gasteiger partial charge in [0.25, 0.3) is 0 Å². The Hall–Kier alpha value is -2.62. The highest BCUT2D eigenvalue weighted by molar-refractivity contribution is 6.09. The standard InChI is InChI=1S/C14H10O4/c15-11-3-7-1-2-8-4-12(16)14(18)6-10(8)9(7)5-13(11)17/h1-6,15-18H. The molecule has 0 saturated carbocycles. The van der Waals surface area contributed by atoms with Crippen molar-refractivity contribution in [2.24, 2.45) is 0 Å². The molecule has 3 aromatic rings. The van der Waals surface area contributed by atoms with E-state index in [0.29, 0.717) is 10.8 Å². The largest absolute Gasteiger partial charge is 0.504 e. The normalized spacial score (nSPS) is 11.1. The predicted molar refractivity (Wildman–Crippen MR) is 68.1 cm³/mol. The molecule has 4 N–H and O–H groups in total. The van der Waals surface area contributed by atoms with Gasteiger partial charge in [-0.2, -0.15) is 0 Å². The molecular formula is C14H10O4. The third-order valence-corrected chi connectivity index (χ3v) is 3.03. The minimum Gasteiger partial charge on any atom is -0.504 e. The van der Waals surface area contributed by atoms with Crippen LogP contribution in [0.4, 0.5) is 0 Å². The van der Waals surface area contributed by atoms with Crippen LogP contribution >= 0.6 is 0 Å². The zero-order chi connectivity index (χ0) is 12.9. The predicted octanol–water partition coefficient (Wildman–Crippen LogP) is 2.82. The lowest BCUT2D eigenvalue weighted by atomic mass is 10.0. The van der Waals surface area contributed by atoms with Crippen LogP contribution < -0.4 is 0 Å². The summed E-state index contributed by atoms with van der Waals surface area (Å²) in [5, 5.41) is 40.8. The molecule has 0 radical (unpaired) electrons. The molecule has 3 aromatic carbocycles. The number of aromatic hydroxyl groups is 4. The molecule has 0 bridgehead atoms. The van der Waals surface area contributed by atoms with Crippen LogP contribution in [0.3, 0.4) is 0 Å². The van der Waals surface area contributed by atoms with E-state index in [1.807, 2.05) is 0 Å². The molecule has 0 atom stereocenters. The average Bonchev–Trinajstić information content (AvgIpc) is 2.33. The van der Waals surface area contributed by atoms with Crippen LogP contribution in [0.2, 0.25) is 0 Å². The number of hydrogen-bond acceptors (Lipinski definition) is 4. The molecule has 0 aromatic heterocycles. The number of rotatable bonds is 0. The van der Waals surface area contributed by atoms with E-state index in [1.165, 1.54) is 24.3 Å². The molecule has 0 amide bonds. The van der Waals surface area contributed by atoms with Crippen LogP contribution in [0.1, 0.15) is 0 Å². The lowest BCUT2D eigenvalue weighted by molar-refractivity contribution is 0.404. The molecule has 4 heteroatoms. The molecule has 0 aliphatic heterocycles. The van der Waals surface area contributed by atoms with Crippen molar-refractivity contribution in [3.05, 3.63) is 36.4 Å². The Morgan fingerprint density at radius 3 is 1.22 bits per heavy atom. The third-order valence-electron chi connectivity index (χ3n) is 3.03. The van der Waals surface area contributed by atoms with Crippen LogP contribution in [0.25, 0.3) is 21.5 Å². The highest BCUT2D eigenvalue weighted by atomic mass is 16.3. The zero-order valence-corrected chi connectivity index (χ0v) is 9.25. The third kappa shape index (κ3) is 1.39. The lowest BCUT2D eigenvalue weighted by Crippen LogP contribution is -1.79. The van der Waals surface area contributed by atoms with E-state index in [1.54, 1.807) is 12.1 Å². The maximum atomic E-state index is 9.54. The van der Waals surface area contributed by atoms with Gasteiger partial charge in [-0.15, -0.1) is 0 Å². The summed E-state index contributed by atoms with van der Waals surface area (Å²) in [7, 11) is 0. The van der Waals surface area contributed by atoms with Gasteiger partial charge < -0.3 is 20.4 Å². The molecular weight excluding hydrogens is 232 g/mol. The van der Waals surface area contributed by atoms with E-state index < -0.39 is 0 Å². The van der Waals surface area contributed by atoms with Crippen molar-refractivity contribution in [2.75, 3.05) is 0 Å². The molecule has 0 saturated heterocycles. The minimum absolute atomic E-state index is 0.190. The first-order valence-electron chi connectivity index (χ1n) is 5.36. The highest BCUT2D eigenvalue weighted by Gasteiger charge is 2.08. The zero-order valence-electron chi connectivity index (χ0n) is 9.25. The van der Waals surface area contributed by atoms with Gasteiger partial charge in [0.2, 0.25) is 0 Å². The second-order valence-electron chi connectivity index (χ2n) is 4.19. The first-order chi connectivity index (χ1) is 8.56. The number of phenolic OH excluding ortho intramolecular Hbond substituents is 4. The van der Waals surface area contributed by atoms with Gasteiger partial charge in [-0.3, -0.25) is 0 Å². The van der Waals surface area contributed by atoms with Gasteiger partial charge in [0.1, 0.15) is 0 Å². The van der Waals surface area contributed by atoms with Crippen molar-refractivity contribution in [3.63, 3.8) is 0 Å². The van der Waals surface area contributed by atoms with Crippen molar-refractivity contribution in [1.29, 1.82) is 0 Å². The van der Waals surface area contributed by atoms with Crippen molar-refractivity contribution < 1.29 is 20.4 Å². The maximum absolute atomic E-state index is 9.54. The van der Waals surface area contributed by atoms with Gasteiger partial charge in [0, 0.05) is 0 Å². The quantitative estimate of drug-likeness (QED) is 0.361. The molecule has 18 heavy (non-hydrogen) atoms. The Morgan fingerprint density at radius 1 is 0.500 bits per heavy atom. The Labute approximate surface area is 102 Å². The molecule has 4 nitrogen and oxygen atoms in total. The van der Waals surface area contributed by atoms with Crippen LogP contribution in [0.15, 0.2) is 36.4 Å². The van der Waals surface area contributed by atoms with Gasteiger partial charge in [-0.1, -0.05) is 12.1 Å². The summed E-state index contributed by atoms with van der Waals surface area (Å²) in [6.45, 7) is 0. The van der Waals surface area contributed by atoms with E-state index >= 15 is 0 Å². The van der Waals surface area contributed by atoms with E-state index in [0.717, 1.165) is 10.8 Å².